The number of ether oxygens (including phenoxy) is 2. The molecule has 1 saturated heterocycles. The quantitative estimate of drug-likeness (QED) is 0.397. The van der Waals surface area contributed by atoms with Crippen molar-refractivity contribution in [2.75, 3.05) is 31.4 Å². The van der Waals surface area contributed by atoms with Gasteiger partial charge in [-0.25, -0.2) is 9.59 Å². The third-order valence-electron chi connectivity index (χ3n) is 6.58. The molecule has 188 valence electrons. The van der Waals surface area contributed by atoms with Gasteiger partial charge in [-0.2, -0.15) is 0 Å². The molecule has 3 aromatic rings. The van der Waals surface area contributed by atoms with E-state index in [2.05, 4.69) is 39.8 Å². The molecule has 0 aromatic heterocycles. The number of anilines is 2. The minimum absolute atomic E-state index is 0.352. The number of benzene rings is 3. The van der Waals surface area contributed by atoms with Gasteiger partial charge in [0.05, 0.1) is 19.8 Å². The fourth-order valence-corrected chi connectivity index (χ4v) is 4.75. The molecule has 0 radical (unpaired) electrons. The van der Waals surface area contributed by atoms with Crippen molar-refractivity contribution in [1.29, 1.82) is 0 Å². The van der Waals surface area contributed by atoms with Crippen LogP contribution >= 0.6 is 0 Å². The first-order valence-electron chi connectivity index (χ1n) is 12.3. The number of likely N-dealkylation sites (tertiary alicyclic amines) is 1. The lowest BCUT2D eigenvalue weighted by molar-refractivity contribution is 0.0596. The van der Waals surface area contributed by atoms with Crippen molar-refractivity contribution in [1.82, 2.24) is 4.90 Å². The van der Waals surface area contributed by atoms with Crippen molar-refractivity contribution < 1.29 is 19.1 Å². The van der Waals surface area contributed by atoms with E-state index in [4.69, 9.17) is 9.47 Å². The molecule has 36 heavy (non-hydrogen) atoms. The molecule has 1 unspecified atom stereocenters. The number of methoxy groups -OCH3 is 2. The predicted octanol–water partition coefficient (Wildman–Crippen LogP) is 5.72. The summed E-state index contributed by atoms with van der Waals surface area (Å²) in [5, 5.41) is 5.78. The molecule has 4 rings (SSSR count). The van der Waals surface area contributed by atoms with E-state index in [1.54, 1.807) is 37.4 Å². The number of nitrogens with one attached hydrogen (secondary N) is 2. The number of nitrogens with zero attached hydrogens (tertiary/aromatic N) is 1. The molecule has 0 bridgehead atoms. The lowest BCUT2D eigenvalue weighted by atomic mass is 9.94. The zero-order chi connectivity index (χ0) is 25.3. The third-order valence-corrected chi connectivity index (χ3v) is 6.58. The summed E-state index contributed by atoms with van der Waals surface area (Å²) < 4.78 is 10.3. The van der Waals surface area contributed by atoms with Crippen LogP contribution in [-0.2, 0) is 17.7 Å². The van der Waals surface area contributed by atoms with Gasteiger partial charge in [0.15, 0.2) is 0 Å². The van der Waals surface area contributed by atoms with Gasteiger partial charge in [-0.1, -0.05) is 48.9 Å². The summed E-state index contributed by atoms with van der Waals surface area (Å²) in [5.41, 5.74) is 3.70. The molecule has 2 N–H and O–H groups in total. The number of rotatable bonds is 8. The summed E-state index contributed by atoms with van der Waals surface area (Å²) >= 11 is 0. The molecule has 1 fully saturated rings. The van der Waals surface area contributed by atoms with E-state index in [-0.39, 0.29) is 0 Å². The van der Waals surface area contributed by atoms with E-state index in [0.717, 1.165) is 31.4 Å². The van der Waals surface area contributed by atoms with Crippen LogP contribution in [-0.4, -0.2) is 43.7 Å². The van der Waals surface area contributed by atoms with Crippen LogP contribution in [0.3, 0.4) is 0 Å². The highest BCUT2D eigenvalue weighted by Crippen LogP contribution is 2.28. The Labute approximate surface area is 212 Å². The topological polar surface area (TPSA) is 79.9 Å². The van der Waals surface area contributed by atoms with Gasteiger partial charge < -0.3 is 20.1 Å². The van der Waals surface area contributed by atoms with E-state index in [1.807, 2.05) is 18.2 Å². The average molecular weight is 488 g/mol. The fraction of sp³-hybridized carbons (Fsp3) is 0.310. The van der Waals surface area contributed by atoms with Gasteiger partial charge >= 0.3 is 12.0 Å². The number of carbonyl (C=O) groups is 2. The monoisotopic (exact) mass is 487 g/mol. The van der Waals surface area contributed by atoms with Crippen LogP contribution in [0.15, 0.2) is 72.8 Å². The Morgan fingerprint density at radius 1 is 0.944 bits per heavy atom. The lowest BCUT2D eigenvalue weighted by Crippen LogP contribution is -2.40. The number of hydrogen-bond acceptors (Lipinski definition) is 5. The van der Waals surface area contributed by atoms with Crippen LogP contribution in [0.5, 0.6) is 5.75 Å². The van der Waals surface area contributed by atoms with E-state index in [1.165, 1.54) is 19.1 Å². The Balaban J connectivity index is 1.57. The molecule has 1 atom stereocenters. The molecular formula is C29H33N3O4. The summed E-state index contributed by atoms with van der Waals surface area (Å²) in [6, 6.07) is 22.9. The summed E-state index contributed by atoms with van der Waals surface area (Å²) in [6.45, 7) is 1.47. The highest BCUT2D eigenvalue weighted by molar-refractivity contribution is 6.02. The molecule has 0 aliphatic carbocycles. The number of piperidine rings is 1. The first-order valence-corrected chi connectivity index (χ1v) is 12.3. The van der Waals surface area contributed by atoms with Crippen molar-refractivity contribution in [2.24, 2.45) is 0 Å². The van der Waals surface area contributed by atoms with Gasteiger partial charge in [0.25, 0.3) is 0 Å². The van der Waals surface area contributed by atoms with Crippen molar-refractivity contribution in [3.63, 3.8) is 0 Å². The van der Waals surface area contributed by atoms with Crippen LogP contribution in [0.25, 0.3) is 0 Å². The number of carbonyl (C=O) groups excluding carboxylic acids is 2. The molecule has 0 saturated carbocycles. The minimum Gasteiger partial charge on any atom is -0.497 e. The second-order valence-electron chi connectivity index (χ2n) is 8.94. The molecule has 1 aliphatic rings. The highest BCUT2D eigenvalue weighted by Gasteiger charge is 2.26. The van der Waals surface area contributed by atoms with Crippen molar-refractivity contribution in [3.8, 4) is 5.75 Å². The Hall–Kier alpha value is -3.84. The molecule has 7 nitrogen and oxygen atoms in total. The third kappa shape index (κ3) is 6.43. The molecule has 2 amide bonds. The van der Waals surface area contributed by atoms with Gasteiger partial charge in [0, 0.05) is 35.6 Å². The first-order chi connectivity index (χ1) is 17.6. The number of hydrogen-bond donors (Lipinski definition) is 2. The number of esters is 1. The van der Waals surface area contributed by atoms with Gasteiger partial charge in [-0.3, -0.25) is 4.90 Å². The number of amides is 2. The highest BCUT2D eigenvalue weighted by atomic mass is 16.5. The lowest BCUT2D eigenvalue weighted by Gasteiger charge is -2.36. The molecule has 7 heteroatoms. The standard InChI is InChI=1S/C29H33N3O4/c1-35-24-14-8-12-22(19-24)30-29(34)31-27-16-9-15-25(28(33)36-2)26(27)20-32-17-7-6-13-23(32)18-21-10-4-3-5-11-21/h3-5,8-12,14-16,19,23H,6-7,13,17-18,20H2,1-2H3,(H2,30,31,34). The average Bonchev–Trinajstić information content (AvgIpc) is 2.91. The number of urea groups is 1. The summed E-state index contributed by atoms with van der Waals surface area (Å²) in [5.74, 6) is 0.231. The Morgan fingerprint density at radius 2 is 1.75 bits per heavy atom. The normalized spacial score (nSPS) is 15.7. The summed E-state index contributed by atoms with van der Waals surface area (Å²) in [4.78, 5) is 28.0. The SMILES string of the molecule is COC(=O)c1cccc(NC(=O)Nc2cccc(OC)c2)c1CN1CCCCC1Cc1ccccc1. The van der Waals surface area contributed by atoms with E-state index in [0.29, 0.717) is 35.3 Å². The second kappa shape index (κ2) is 12.2. The van der Waals surface area contributed by atoms with Gasteiger partial charge in [0.1, 0.15) is 5.75 Å². The zero-order valence-corrected chi connectivity index (χ0v) is 20.8. The molecule has 1 heterocycles. The Bertz CT molecular complexity index is 1180. The van der Waals surface area contributed by atoms with Crippen LogP contribution in [0.2, 0.25) is 0 Å². The van der Waals surface area contributed by atoms with E-state index in [9.17, 15) is 9.59 Å². The fourth-order valence-electron chi connectivity index (χ4n) is 4.75. The smallest absolute Gasteiger partial charge is 0.338 e. The predicted molar refractivity (Wildman–Crippen MR) is 142 cm³/mol. The van der Waals surface area contributed by atoms with Crippen LogP contribution in [0, 0.1) is 0 Å². The Kier molecular flexibility index (Phi) is 8.57. The second-order valence-corrected chi connectivity index (χ2v) is 8.94. The molecular weight excluding hydrogens is 454 g/mol. The van der Waals surface area contributed by atoms with Gasteiger partial charge in [-0.05, 0) is 55.6 Å². The van der Waals surface area contributed by atoms with Gasteiger partial charge in [-0.15, -0.1) is 0 Å². The van der Waals surface area contributed by atoms with Crippen LogP contribution < -0.4 is 15.4 Å². The maximum atomic E-state index is 12.9. The van der Waals surface area contributed by atoms with Crippen LogP contribution in [0.4, 0.5) is 16.2 Å². The maximum absolute atomic E-state index is 12.9. The molecule has 1 aliphatic heterocycles. The summed E-state index contributed by atoms with van der Waals surface area (Å²) in [6.07, 6.45) is 4.32. The summed E-state index contributed by atoms with van der Waals surface area (Å²) in [7, 11) is 2.95. The van der Waals surface area contributed by atoms with E-state index < -0.39 is 12.0 Å². The minimum atomic E-state index is -0.418. The molecule has 3 aromatic carbocycles. The van der Waals surface area contributed by atoms with Crippen molar-refractivity contribution in [2.45, 2.75) is 38.3 Å². The van der Waals surface area contributed by atoms with Gasteiger partial charge in [0.2, 0.25) is 0 Å². The van der Waals surface area contributed by atoms with Crippen molar-refractivity contribution >= 4 is 23.4 Å². The largest absolute Gasteiger partial charge is 0.497 e. The Morgan fingerprint density at radius 3 is 2.53 bits per heavy atom. The maximum Gasteiger partial charge on any atom is 0.338 e. The first kappa shape index (κ1) is 25.3. The zero-order valence-electron chi connectivity index (χ0n) is 20.8. The van der Waals surface area contributed by atoms with Crippen molar-refractivity contribution in [3.05, 3.63) is 89.5 Å². The van der Waals surface area contributed by atoms with Crippen LogP contribution in [0.1, 0.15) is 40.7 Å². The van der Waals surface area contributed by atoms with E-state index >= 15 is 0 Å². The molecule has 0 spiro atoms.